The number of rotatable bonds is 4. The summed E-state index contributed by atoms with van der Waals surface area (Å²) in [5, 5.41) is 10.7. The zero-order valence-electron chi connectivity index (χ0n) is 13.9. The lowest BCUT2D eigenvalue weighted by Gasteiger charge is -2.32. The fourth-order valence-electron chi connectivity index (χ4n) is 3.49. The van der Waals surface area contributed by atoms with Gasteiger partial charge >= 0.3 is 0 Å². The molecule has 4 rings (SSSR count). The molecule has 1 unspecified atom stereocenters. The fourth-order valence-corrected chi connectivity index (χ4v) is 4.47. The highest BCUT2D eigenvalue weighted by Crippen LogP contribution is 2.50. The SMILES string of the molecule is C=P(C)(C)CC[C@@]12CO[C@@H](C(n3cnc4c(N)ccnc43)O1)[C@@H]2O. The third-order valence-electron chi connectivity index (χ3n) is 4.91. The predicted molar refractivity (Wildman–Crippen MR) is 95.9 cm³/mol. The van der Waals surface area contributed by atoms with Crippen LogP contribution >= 0.6 is 6.89 Å². The summed E-state index contributed by atoms with van der Waals surface area (Å²) in [5.74, 6) is 0. The first-order valence-corrected chi connectivity index (χ1v) is 11.1. The first kappa shape index (κ1) is 16.1. The molecule has 2 aromatic heterocycles. The highest BCUT2D eigenvalue weighted by Gasteiger charge is 2.61. The lowest BCUT2D eigenvalue weighted by atomic mass is 9.96. The monoisotopic (exact) mass is 350 g/mol. The van der Waals surface area contributed by atoms with Crippen molar-refractivity contribution in [2.75, 3.05) is 31.8 Å². The molecule has 0 spiro atoms. The summed E-state index contributed by atoms with van der Waals surface area (Å²) in [6, 6.07) is 1.72. The van der Waals surface area contributed by atoms with Crippen LogP contribution in [-0.2, 0) is 9.47 Å². The maximum absolute atomic E-state index is 10.7. The Morgan fingerprint density at radius 1 is 1.50 bits per heavy atom. The third kappa shape index (κ3) is 2.39. The number of nitrogens with two attached hydrogens (primary N) is 1. The van der Waals surface area contributed by atoms with Crippen molar-refractivity contribution in [1.82, 2.24) is 14.5 Å². The van der Waals surface area contributed by atoms with Crippen LogP contribution in [0, 0.1) is 0 Å². The van der Waals surface area contributed by atoms with Crippen LogP contribution in [0.2, 0.25) is 0 Å². The highest BCUT2D eigenvalue weighted by atomic mass is 31.2. The molecule has 0 amide bonds. The molecule has 4 atom stereocenters. The van der Waals surface area contributed by atoms with Gasteiger partial charge in [0.25, 0.3) is 0 Å². The molecule has 2 aliphatic rings. The van der Waals surface area contributed by atoms with Gasteiger partial charge in [0.05, 0.1) is 18.6 Å². The van der Waals surface area contributed by atoms with Crippen molar-refractivity contribution >= 4 is 30.0 Å². The molecule has 8 heteroatoms. The summed E-state index contributed by atoms with van der Waals surface area (Å²) in [5.41, 5.74) is 7.14. The molecule has 2 aromatic rings. The van der Waals surface area contributed by atoms with Crippen LogP contribution in [0.25, 0.3) is 11.2 Å². The first-order valence-electron chi connectivity index (χ1n) is 8.03. The highest BCUT2D eigenvalue weighted by molar-refractivity contribution is 7.72. The number of pyridine rings is 1. The molecular weight excluding hydrogens is 327 g/mol. The standard InChI is InChI=1S/C16H23N4O3P/c1-24(2,3)7-5-16-8-22-12(13(16)21)15(23-16)20-9-19-11-10(17)4-6-18-14(11)20/h4,6,9,12-13,15,21H,1,5,7-8H2,2-3H3,(H2,17,18)/t12-,13+,15?,16+/m1/s1. The van der Waals surface area contributed by atoms with Gasteiger partial charge in [-0.3, -0.25) is 4.57 Å². The third-order valence-corrected chi connectivity index (χ3v) is 6.35. The number of aromatic nitrogens is 3. The Hall–Kier alpha value is -1.40. The van der Waals surface area contributed by atoms with Crippen molar-refractivity contribution in [3.8, 4) is 0 Å². The number of fused-ring (bicyclic) bond motifs is 3. The number of aliphatic hydroxyl groups excluding tert-OH is 1. The van der Waals surface area contributed by atoms with Crippen molar-refractivity contribution in [2.45, 2.75) is 30.5 Å². The van der Waals surface area contributed by atoms with Gasteiger partial charge in [0.1, 0.15) is 23.3 Å². The second-order valence-electron chi connectivity index (χ2n) is 7.43. The van der Waals surface area contributed by atoms with E-state index in [2.05, 4.69) is 29.6 Å². The van der Waals surface area contributed by atoms with E-state index in [1.165, 1.54) is 0 Å². The summed E-state index contributed by atoms with van der Waals surface area (Å²) in [6.07, 6.45) is 7.71. The molecule has 0 radical (unpaired) electrons. The smallest absolute Gasteiger partial charge is 0.166 e. The minimum absolute atomic E-state index is 0.414. The number of nitrogen functional groups attached to an aromatic ring is 1. The Labute approximate surface area is 140 Å². The normalized spacial score (nSPS) is 32.7. The van der Waals surface area contributed by atoms with Crippen LogP contribution in [0.3, 0.4) is 0 Å². The topological polar surface area (TPSA) is 95.4 Å². The zero-order chi connectivity index (χ0) is 17.1. The molecule has 130 valence electrons. The average Bonchev–Trinajstić information content (AvgIpc) is 3.16. The van der Waals surface area contributed by atoms with Gasteiger partial charge in [0.15, 0.2) is 11.9 Å². The van der Waals surface area contributed by atoms with Gasteiger partial charge in [0.2, 0.25) is 0 Å². The van der Waals surface area contributed by atoms with Crippen molar-refractivity contribution < 1.29 is 14.6 Å². The molecule has 24 heavy (non-hydrogen) atoms. The molecular formula is C16H23N4O3P. The number of imidazole rings is 1. The van der Waals surface area contributed by atoms with Gasteiger partial charge in [0, 0.05) is 6.20 Å². The second-order valence-corrected chi connectivity index (χ2v) is 11.7. The minimum atomic E-state index is -1.20. The van der Waals surface area contributed by atoms with Gasteiger partial charge in [-0.25, -0.2) is 9.97 Å². The molecule has 2 bridgehead atoms. The quantitative estimate of drug-likeness (QED) is 0.803. The lowest BCUT2D eigenvalue weighted by Crippen LogP contribution is -2.41. The van der Waals surface area contributed by atoms with E-state index < -0.39 is 30.9 Å². The van der Waals surface area contributed by atoms with Crippen LogP contribution in [0.1, 0.15) is 12.6 Å². The summed E-state index contributed by atoms with van der Waals surface area (Å²) >= 11 is 0. The number of aliphatic hydroxyl groups is 1. The maximum atomic E-state index is 10.7. The average molecular weight is 350 g/mol. The van der Waals surface area contributed by atoms with E-state index in [1.54, 1.807) is 18.6 Å². The first-order chi connectivity index (χ1) is 11.3. The Kier molecular flexibility index (Phi) is 3.55. The van der Waals surface area contributed by atoms with Crippen molar-refractivity contribution in [2.24, 2.45) is 0 Å². The fraction of sp³-hybridized carbons (Fsp3) is 0.562. The minimum Gasteiger partial charge on any atom is -0.397 e. The van der Waals surface area contributed by atoms with Crippen molar-refractivity contribution in [3.63, 3.8) is 0 Å². The Morgan fingerprint density at radius 2 is 2.29 bits per heavy atom. The summed E-state index contributed by atoms with van der Waals surface area (Å²) in [7, 11) is 0. The Balaban J connectivity index is 1.66. The number of nitrogens with zero attached hydrogens (tertiary/aromatic N) is 3. The molecule has 3 N–H and O–H groups in total. The van der Waals surface area contributed by atoms with E-state index in [-0.39, 0.29) is 0 Å². The molecule has 2 aliphatic heterocycles. The van der Waals surface area contributed by atoms with Crippen molar-refractivity contribution in [3.05, 3.63) is 18.6 Å². The largest absolute Gasteiger partial charge is 0.397 e. The van der Waals surface area contributed by atoms with E-state index >= 15 is 0 Å². The second kappa shape index (κ2) is 5.30. The van der Waals surface area contributed by atoms with Gasteiger partial charge in [-0.2, -0.15) is 0 Å². The molecule has 7 nitrogen and oxygen atoms in total. The van der Waals surface area contributed by atoms with Crippen LogP contribution < -0.4 is 5.73 Å². The van der Waals surface area contributed by atoms with E-state index in [1.807, 2.05) is 4.57 Å². The van der Waals surface area contributed by atoms with Crippen LogP contribution in [0.4, 0.5) is 5.69 Å². The zero-order valence-corrected chi connectivity index (χ0v) is 14.8. The van der Waals surface area contributed by atoms with Gasteiger partial charge in [-0.05, 0) is 32.0 Å². The van der Waals surface area contributed by atoms with Crippen LogP contribution in [-0.4, -0.2) is 69.8 Å². The van der Waals surface area contributed by atoms with Gasteiger partial charge in [-0.15, -0.1) is 13.2 Å². The predicted octanol–water partition coefficient (Wildman–Crippen LogP) is 1.14. The van der Waals surface area contributed by atoms with Crippen LogP contribution in [0.15, 0.2) is 18.6 Å². The molecule has 2 fully saturated rings. The molecule has 0 aliphatic carbocycles. The van der Waals surface area contributed by atoms with Gasteiger partial charge in [-0.1, -0.05) is 0 Å². The Morgan fingerprint density at radius 3 is 3.04 bits per heavy atom. The van der Waals surface area contributed by atoms with E-state index in [4.69, 9.17) is 15.2 Å². The van der Waals surface area contributed by atoms with Crippen LogP contribution in [0.5, 0.6) is 0 Å². The molecule has 0 saturated carbocycles. The maximum Gasteiger partial charge on any atom is 0.166 e. The van der Waals surface area contributed by atoms with E-state index in [0.717, 1.165) is 12.6 Å². The van der Waals surface area contributed by atoms with E-state index in [9.17, 15) is 5.11 Å². The van der Waals surface area contributed by atoms with Crippen molar-refractivity contribution in [1.29, 1.82) is 0 Å². The number of ether oxygens (including phenoxy) is 2. The molecule has 2 saturated heterocycles. The lowest BCUT2D eigenvalue weighted by molar-refractivity contribution is -0.172. The summed E-state index contributed by atoms with van der Waals surface area (Å²) in [4.78, 5) is 8.70. The van der Waals surface area contributed by atoms with E-state index in [0.29, 0.717) is 23.5 Å². The molecule has 0 aromatic carbocycles. The Bertz CT molecular complexity index is 832. The van der Waals surface area contributed by atoms with Gasteiger partial charge < -0.3 is 20.3 Å². The number of anilines is 1. The summed E-state index contributed by atoms with van der Waals surface area (Å²) < 4.78 is 14.0. The molecule has 4 heterocycles. The number of hydrogen-bond donors (Lipinski definition) is 2. The number of hydrogen-bond acceptors (Lipinski definition) is 6. The summed E-state index contributed by atoms with van der Waals surface area (Å²) in [6.45, 7) is 3.58.